The van der Waals surface area contributed by atoms with Crippen molar-refractivity contribution in [1.82, 2.24) is 5.32 Å². The summed E-state index contributed by atoms with van der Waals surface area (Å²) in [4.78, 5) is 2.24. The lowest BCUT2D eigenvalue weighted by Gasteiger charge is -2.31. The van der Waals surface area contributed by atoms with Crippen molar-refractivity contribution in [2.45, 2.75) is 32.7 Å². The minimum atomic E-state index is -0.134. The lowest BCUT2D eigenvalue weighted by molar-refractivity contribution is 0.0576. The molecule has 3 nitrogen and oxygen atoms in total. The smallest absolute Gasteiger partial charge is 0.126 e. The summed E-state index contributed by atoms with van der Waals surface area (Å²) in [6, 6.07) is 3.75. The Labute approximate surface area is 127 Å². The summed E-state index contributed by atoms with van der Waals surface area (Å²) in [5, 5.41) is 3.21. The van der Waals surface area contributed by atoms with E-state index in [4.69, 9.17) is 4.74 Å². The zero-order valence-corrected chi connectivity index (χ0v) is 13.6. The van der Waals surface area contributed by atoms with E-state index in [9.17, 15) is 4.39 Å². The number of rotatable bonds is 5. The third-order valence-electron chi connectivity index (χ3n) is 4.41. The fourth-order valence-corrected chi connectivity index (χ4v) is 2.95. The van der Waals surface area contributed by atoms with Crippen LogP contribution in [0.5, 0.6) is 0 Å². The molecule has 0 aromatic heterocycles. The van der Waals surface area contributed by atoms with Crippen molar-refractivity contribution in [3.05, 3.63) is 29.1 Å². The zero-order chi connectivity index (χ0) is 15.4. The Bertz CT molecular complexity index is 472. The SMILES string of the molecule is CNC(C)c1cc(F)c(C)cc1N(C)CC1CCCOC1. The van der Waals surface area contributed by atoms with Gasteiger partial charge in [-0.05, 0) is 62.9 Å². The number of hydrogen-bond acceptors (Lipinski definition) is 3. The molecule has 1 heterocycles. The van der Waals surface area contributed by atoms with E-state index in [1.807, 2.05) is 20.0 Å². The highest BCUT2D eigenvalue weighted by molar-refractivity contribution is 5.56. The van der Waals surface area contributed by atoms with Gasteiger partial charge in [-0.25, -0.2) is 4.39 Å². The van der Waals surface area contributed by atoms with E-state index in [0.717, 1.165) is 37.4 Å². The molecule has 1 aromatic carbocycles. The van der Waals surface area contributed by atoms with E-state index in [1.165, 1.54) is 6.42 Å². The first-order chi connectivity index (χ1) is 10.0. The third-order valence-corrected chi connectivity index (χ3v) is 4.41. The van der Waals surface area contributed by atoms with Crippen molar-refractivity contribution in [2.24, 2.45) is 5.92 Å². The van der Waals surface area contributed by atoms with Crippen LogP contribution in [0.2, 0.25) is 0 Å². The Kier molecular flexibility index (Phi) is 5.59. The Balaban J connectivity index is 2.21. The molecule has 2 unspecified atom stereocenters. The van der Waals surface area contributed by atoms with Crippen LogP contribution >= 0.6 is 0 Å². The Morgan fingerprint density at radius 3 is 2.86 bits per heavy atom. The highest BCUT2D eigenvalue weighted by Crippen LogP contribution is 2.29. The molecule has 0 saturated carbocycles. The van der Waals surface area contributed by atoms with Crippen molar-refractivity contribution < 1.29 is 9.13 Å². The van der Waals surface area contributed by atoms with Gasteiger partial charge in [-0.2, -0.15) is 0 Å². The summed E-state index contributed by atoms with van der Waals surface area (Å²) in [6.45, 7) is 6.56. The maximum atomic E-state index is 13.9. The van der Waals surface area contributed by atoms with Gasteiger partial charge in [0.2, 0.25) is 0 Å². The van der Waals surface area contributed by atoms with Crippen molar-refractivity contribution in [1.29, 1.82) is 0 Å². The lowest BCUT2D eigenvalue weighted by Crippen LogP contribution is -2.32. The summed E-state index contributed by atoms with van der Waals surface area (Å²) in [7, 11) is 3.99. The van der Waals surface area contributed by atoms with Gasteiger partial charge >= 0.3 is 0 Å². The number of nitrogens with zero attached hydrogens (tertiary/aromatic N) is 1. The number of halogens is 1. The molecule has 2 rings (SSSR count). The van der Waals surface area contributed by atoms with Gasteiger partial charge in [0, 0.05) is 31.9 Å². The average molecular weight is 294 g/mol. The molecular formula is C17H27FN2O. The molecule has 1 aromatic rings. The summed E-state index contributed by atoms with van der Waals surface area (Å²) in [5.74, 6) is 0.428. The Morgan fingerprint density at radius 1 is 1.48 bits per heavy atom. The molecule has 0 amide bonds. The minimum Gasteiger partial charge on any atom is -0.381 e. The van der Waals surface area contributed by atoms with Gasteiger partial charge in [-0.1, -0.05) is 0 Å². The monoisotopic (exact) mass is 294 g/mol. The van der Waals surface area contributed by atoms with Gasteiger partial charge in [0.15, 0.2) is 0 Å². The number of hydrogen-bond donors (Lipinski definition) is 1. The molecule has 21 heavy (non-hydrogen) atoms. The van der Waals surface area contributed by atoms with Crippen LogP contribution in [0.1, 0.15) is 36.9 Å². The zero-order valence-electron chi connectivity index (χ0n) is 13.6. The van der Waals surface area contributed by atoms with E-state index in [2.05, 4.69) is 24.2 Å². The van der Waals surface area contributed by atoms with Crippen LogP contribution in [0.4, 0.5) is 10.1 Å². The second-order valence-corrected chi connectivity index (χ2v) is 6.13. The first-order valence-electron chi connectivity index (χ1n) is 7.79. The highest BCUT2D eigenvalue weighted by Gasteiger charge is 2.20. The standard InChI is InChI=1S/C17H27FN2O/c1-12-8-17(15(9-16(12)18)13(2)19-3)20(4)10-14-6-5-7-21-11-14/h8-9,13-14,19H,5-7,10-11H2,1-4H3. The van der Waals surface area contributed by atoms with E-state index < -0.39 is 0 Å². The van der Waals surface area contributed by atoms with Crippen molar-refractivity contribution in [2.75, 3.05) is 38.8 Å². The van der Waals surface area contributed by atoms with Crippen molar-refractivity contribution >= 4 is 5.69 Å². The first kappa shape index (κ1) is 16.2. The molecule has 1 N–H and O–H groups in total. The van der Waals surface area contributed by atoms with Gasteiger partial charge in [0.1, 0.15) is 5.82 Å². The van der Waals surface area contributed by atoms with E-state index in [-0.39, 0.29) is 11.9 Å². The molecule has 0 radical (unpaired) electrons. The van der Waals surface area contributed by atoms with E-state index in [1.54, 1.807) is 6.07 Å². The predicted molar refractivity (Wildman–Crippen MR) is 85.4 cm³/mol. The van der Waals surface area contributed by atoms with E-state index >= 15 is 0 Å². The van der Waals surface area contributed by atoms with Gasteiger partial charge in [0.05, 0.1) is 6.61 Å². The molecule has 2 atom stereocenters. The summed E-state index contributed by atoms with van der Waals surface area (Å²) in [5.41, 5.74) is 2.82. The number of aryl methyl sites for hydroxylation is 1. The molecule has 0 bridgehead atoms. The molecule has 1 aliphatic heterocycles. The quantitative estimate of drug-likeness (QED) is 0.902. The van der Waals surface area contributed by atoms with Crippen LogP contribution in [-0.2, 0) is 4.74 Å². The molecular weight excluding hydrogens is 267 g/mol. The molecule has 4 heteroatoms. The van der Waals surface area contributed by atoms with Crippen LogP contribution in [0, 0.1) is 18.7 Å². The van der Waals surface area contributed by atoms with Gasteiger partial charge in [-0.15, -0.1) is 0 Å². The van der Waals surface area contributed by atoms with Crippen molar-refractivity contribution in [3.8, 4) is 0 Å². The van der Waals surface area contributed by atoms with Gasteiger partial charge in [-0.3, -0.25) is 0 Å². The van der Waals surface area contributed by atoms with Gasteiger partial charge in [0.25, 0.3) is 0 Å². The Hall–Kier alpha value is -1.13. The number of benzene rings is 1. The highest BCUT2D eigenvalue weighted by atomic mass is 19.1. The predicted octanol–water partition coefficient (Wildman–Crippen LogP) is 3.28. The minimum absolute atomic E-state index is 0.125. The van der Waals surface area contributed by atoms with Crippen LogP contribution in [0.3, 0.4) is 0 Å². The largest absolute Gasteiger partial charge is 0.381 e. The maximum Gasteiger partial charge on any atom is 0.126 e. The van der Waals surface area contributed by atoms with Crippen LogP contribution in [0.25, 0.3) is 0 Å². The van der Waals surface area contributed by atoms with Crippen LogP contribution in [0.15, 0.2) is 12.1 Å². The normalized spacial score (nSPS) is 20.3. The number of nitrogens with one attached hydrogen (secondary N) is 1. The van der Waals surface area contributed by atoms with Crippen LogP contribution in [-0.4, -0.2) is 33.9 Å². The van der Waals surface area contributed by atoms with E-state index in [0.29, 0.717) is 11.5 Å². The third kappa shape index (κ3) is 3.95. The molecule has 1 fully saturated rings. The molecule has 1 saturated heterocycles. The second kappa shape index (κ2) is 7.23. The van der Waals surface area contributed by atoms with Crippen molar-refractivity contribution in [3.63, 3.8) is 0 Å². The molecule has 1 aliphatic rings. The Morgan fingerprint density at radius 2 is 2.24 bits per heavy atom. The maximum absolute atomic E-state index is 13.9. The number of ether oxygens (including phenoxy) is 1. The summed E-state index contributed by atoms with van der Waals surface area (Å²) < 4.78 is 19.5. The number of anilines is 1. The lowest BCUT2D eigenvalue weighted by atomic mass is 9.99. The molecule has 118 valence electrons. The molecule has 0 spiro atoms. The van der Waals surface area contributed by atoms with Crippen LogP contribution < -0.4 is 10.2 Å². The summed E-state index contributed by atoms with van der Waals surface area (Å²) in [6.07, 6.45) is 2.35. The average Bonchev–Trinajstić information content (AvgIpc) is 2.49. The first-order valence-corrected chi connectivity index (χ1v) is 7.79. The van der Waals surface area contributed by atoms with Gasteiger partial charge < -0.3 is 15.0 Å². The topological polar surface area (TPSA) is 24.5 Å². The fraction of sp³-hybridized carbons (Fsp3) is 0.647. The summed E-state index contributed by atoms with van der Waals surface area (Å²) >= 11 is 0. The fourth-order valence-electron chi connectivity index (χ4n) is 2.95. The molecule has 0 aliphatic carbocycles. The second-order valence-electron chi connectivity index (χ2n) is 6.13.